The average Bonchev–Trinajstić information content (AvgIpc) is 1.89. The number of hydroxylamine groups is 1. The number of carbonyl (C=O) groups excluding carboxylic acids is 1. The van der Waals surface area contributed by atoms with Crippen LogP contribution in [-0.2, 0) is 4.79 Å². The van der Waals surface area contributed by atoms with E-state index in [0.29, 0.717) is 6.42 Å². The molecule has 3 heteroatoms. The van der Waals surface area contributed by atoms with Crippen LogP contribution in [0.4, 0.5) is 0 Å². The number of amides is 1. The van der Waals surface area contributed by atoms with Crippen molar-refractivity contribution >= 4 is 5.91 Å². The van der Waals surface area contributed by atoms with Gasteiger partial charge in [0, 0.05) is 12.8 Å². The highest BCUT2D eigenvalue weighted by molar-refractivity contribution is 5.74. The van der Waals surface area contributed by atoms with Gasteiger partial charge in [0.15, 0.2) is 0 Å². The summed E-state index contributed by atoms with van der Waals surface area (Å²) in [5, 5.41) is 7.99. The highest BCUT2D eigenvalue weighted by Crippen LogP contribution is 1.83. The van der Waals surface area contributed by atoms with Gasteiger partial charge in [-0.3, -0.25) is 10.0 Å². The third kappa shape index (κ3) is 4.85. The minimum Gasteiger partial charge on any atom is -0.289 e. The lowest BCUT2D eigenvalue weighted by molar-refractivity contribution is -0.129. The Morgan fingerprint density at radius 2 is 2.44 bits per heavy atom. The molecule has 9 heavy (non-hydrogen) atoms. The molecule has 0 aliphatic rings. The number of rotatable bonds is 2. The van der Waals surface area contributed by atoms with Gasteiger partial charge in [0.25, 0.3) is 0 Å². The topological polar surface area (TPSA) is 49.3 Å². The molecule has 0 spiro atoms. The molecule has 0 fully saturated rings. The van der Waals surface area contributed by atoms with Crippen molar-refractivity contribution in [2.75, 3.05) is 0 Å². The summed E-state index contributed by atoms with van der Waals surface area (Å²) in [5.41, 5.74) is 1.52. The van der Waals surface area contributed by atoms with Gasteiger partial charge in [0.2, 0.25) is 5.91 Å². The van der Waals surface area contributed by atoms with Crippen LogP contribution in [0.2, 0.25) is 0 Å². The molecular weight excluding hydrogens is 118 g/mol. The molecule has 0 aromatic rings. The molecule has 0 aromatic heterocycles. The van der Waals surface area contributed by atoms with Gasteiger partial charge in [-0.2, -0.15) is 0 Å². The zero-order valence-corrected chi connectivity index (χ0v) is 5.27. The first-order valence-corrected chi connectivity index (χ1v) is 2.63. The van der Waals surface area contributed by atoms with Crippen LogP contribution in [0.5, 0.6) is 0 Å². The van der Waals surface area contributed by atoms with Gasteiger partial charge in [-0.15, -0.1) is 11.8 Å². The zero-order valence-electron chi connectivity index (χ0n) is 5.27. The first-order valence-electron chi connectivity index (χ1n) is 2.63. The molecule has 0 heterocycles. The van der Waals surface area contributed by atoms with Gasteiger partial charge in [-0.25, -0.2) is 5.48 Å². The maximum atomic E-state index is 10.3. The van der Waals surface area contributed by atoms with Gasteiger partial charge in [0.1, 0.15) is 0 Å². The Hall–Kier alpha value is -1.01. The van der Waals surface area contributed by atoms with Crippen molar-refractivity contribution in [1.29, 1.82) is 0 Å². The molecule has 0 aliphatic carbocycles. The molecular formula is C6H9NO2. The summed E-state index contributed by atoms with van der Waals surface area (Å²) in [7, 11) is 0. The van der Waals surface area contributed by atoms with Crippen molar-refractivity contribution in [3.63, 3.8) is 0 Å². The van der Waals surface area contributed by atoms with E-state index < -0.39 is 5.91 Å². The Balaban J connectivity index is 3.24. The number of carbonyl (C=O) groups is 1. The summed E-state index contributed by atoms with van der Waals surface area (Å²) in [6.07, 6.45) is 0.764. The lowest BCUT2D eigenvalue weighted by atomic mass is 10.3. The number of hydrogen-bond acceptors (Lipinski definition) is 2. The van der Waals surface area contributed by atoms with Gasteiger partial charge in [-0.1, -0.05) is 0 Å². The second-order valence-corrected chi connectivity index (χ2v) is 1.46. The molecule has 2 N–H and O–H groups in total. The van der Waals surface area contributed by atoms with Crippen LogP contribution in [0.15, 0.2) is 0 Å². The lowest BCUT2D eigenvalue weighted by Gasteiger charge is -1.90. The van der Waals surface area contributed by atoms with Crippen molar-refractivity contribution < 1.29 is 10.0 Å². The smallest absolute Gasteiger partial charge is 0.244 e. The molecule has 50 valence electrons. The first kappa shape index (κ1) is 7.99. The maximum absolute atomic E-state index is 10.3. The Kier molecular flexibility index (Phi) is 4.56. The molecule has 3 nitrogen and oxygen atoms in total. The normalized spacial score (nSPS) is 7.33. The summed E-state index contributed by atoms with van der Waals surface area (Å²) in [5.74, 6) is 4.94. The minimum atomic E-state index is -0.391. The molecule has 0 bridgehead atoms. The van der Waals surface area contributed by atoms with E-state index >= 15 is 0 Å². The van der Waals surface area contributed by atoms with E-state index in [-0.39, 0.29) is 6.42 Å². The quantitative estimate of drug-likeness (QED) is 0.318. The van der Waals surface area contributed by atoms with Crippen LogP contribution in [0.25, 0.3) is 0 Å². The molecule has 0 saturated carbocycles. The Labute approximate surface area is 54.0 Å². The number of nitrogens with one attached hydrogen (secondary N) is 1. The molecule has 0 radical (unpaired) electrons. The van der Waals surface area contributed by atoms with Gasteiger partial charge >= 0.3 is 0 Å². The molecule has 0 rings (SSSR count). The lowest BCUT2D eigenvalue weighted by Crippen LogP contribution is -2.17. The SMILES string of the molecule is CC#CCCC(=O)NO. The fourth-order valence-electron chi connectivity index (χ4n) is 0.357. The van der Waals surface area contributed by atoms with E-state index in [4.69, 9.17) is 5.21 Å². The molecule has 0 atom stereocenters. The Morgan fingerprint density at radius 1 is 1.78 bits per heavy atom. The van der Waals surface area contributed by atoms with Crippen molar-refractivity contribution in [2.45, 2.75) is 19.8 Å². The van der Waals surface area contributed by atoms with Crippen molar-refractivity contribution in [1.82, 2.24) is 5.48 Å². The van der Waals surface area contributed by atoms with Crippen molar-refractivity contribution in [3.05, 3.63) is 0 Å². The highest BCUT2D eigenvalue weighted by atomic mass is 16.5. The van der Waals surface area contributed by atoms with E-state index in [2.05, 4.69) is 11.8 Å². The average molecular weight is 127 g/mol. The summed E-state index contributed by atoms with van der Waals surface area (Å²) in [6, 6.07) is 0. The summed E-state index contributed by atoms with van der Waals surface area (Å²) in [4.78, 5) is 10.3. The Morgan fingerprint density at radius 3 is 2.89 bits per heavy atom. The largest absolute Gasteiger partial charge is 0.289 e. The fraction of sp³-hybridized carbons (Fsp3) is 0.500. The predicted molar refractivity (Wildman–Crippen MR) is 32.6 cm³/mol. The molecule has 0 aromatic carbocycles. The fourth-order valence-corrected chi connectivity index (χ4v) is 0.357. The zero-order chi connectivity index (χ0) is 7.11. The molecule has 0 saturated heterocycles. The molecule has 0 aliphatic heterocycles. The minimum absolute atomic E-state index is 0.261. The Bertz CT molecular complexity index is 143. The predicted octanol–water partition coefficient (Wildman–Crippen LogP) is 0.295. The van der Waals surface area contributed by atoms with E-state index in [1.807, 2.05) is 0 Å². The van der Waals surface area contributed by atoms with Crippen LogP contribution in [0.1, 0.15) is 19.8 Å². The first-order chi connectivity index (χ1) is 4.31. The van der Waals surface area contributed by atoms with Crippen LogP contribution >= 0.6 is 0 Å². The summed E-state index contributed by atoms with van der Waals surface area (Å²) >= 11 is 0. The number of hydrogen-bond donors (Lipinski definition) is 2. The van der Waals surface area contributed by atoms with E-state index in [0.717, 1.165) is 0 Å². The van der Waals surface area contributed by atoms with Gasteiger partial charge in [0.05, 0.1) is 0 Å². The van der Waals surface area contributed by atoms with E-state index in [1.54, 1.807) is 6.92 Å². The van der Waals surface area contributed by atoms with Crippen molar-refractivity contribution in [2.24, 2.45) is 0 Å². The van der Waals surface area contributed by atoms with E-state index in [9.17, 15) is 4.79 Å². The standard InChI is InChI=1S/C6H9NO2/c1-2-3-4-5-6(8)7-9/h9H,4-5H2,1H3,(H,7,8). The van der Waals surface area contributed by atoms with Crippen LogP contribution in [-0.4, -0.2) is 11.1 Å². The molecule has 1 amide bonds. The monoisotopic (exact) mass is 127 g/mol. The van der Waals surface area contributed by atoms with Crippen LogP contribution in [0, 0.1) is 11.8 Å². The third-order valence-electron chi connectivity index (χ3n) is 0.779. The maximum Gasteiger partial charge on any atom is 0.244 e. The van der Waals surface area contributed by atoms with Crippen molar-refractivity contribution in [3.8, 4) is 11.8 Å². The van der Waals surface area contributed by atoms with E-state index in [1.165, 1.54) is 5.48 Å². The second kappa shape index (κ2) is 5.13. The summed E-state index contributed by atoms with van der Waals surface area (Å²) in [6.45, 7) is 1.71. The van der Waals surface area contributed by atoms with Crippen LogP contribution < -0.4 is 5.48 Å². The molecule has 0 unspecified atom stereocenters. The van der Waals surface area contributed by atoms with Gasteiger partial charge in [-0.05, 0) is 6.92 Å². The second-order valence-electron chi connectivity index (χ2n) is 1.46. The third-order valence-corrected chi connectivity index (χ3v) is 0.779. The summed E-state index contributed by atoms with van der Waals surface area (Å²) < 4.78 is 0. The highest BCUT2D eigenvalue weighted by Gasteiger charge is 1.93. The van der Waals surface area contributed by atoms with Gasteiger partial charge < -0.3 is 0 Å². The van der Waals surface area contributed by atoms with Crippen LogP contribution in [0.3, 0.4) is 0 Å².